The Kier molecular flexibility index (Phi) is 3.31. The minimum atomic E-state index is -0.146. The van der Waals surface area contributed by atoms with Gasteiger partial charge >= 0.3 is 0 Å². The summed E-state index contributed by atoms with van der Waals surface area (Å²) in [5.74, 6) is -0.146. The molecule has 5 heteroatoms. The molecule has 4 nitrogen and oxygen atoms in total. The highest BCUT2D eigenvalue weighted by molar-refractivity contribution is 6.20. The zero-order chi connectivity index (χ0) is 9.84. The van der Waals surface area contributed by atoms with E-state index in [0.717, 1.165) is 0 Å². The first-order valence-electron chi connectivity index (χ1n) is 4.01. The van der Waals surface area contributed by atoms with Crippen LogP contribution in [-0.2, 0) is 7.05 Å². The molecule has 0 radical (unpaired) electrons. The Morgan fingerprint density at radius 2 is 2.54 bits per heavy atom. The monoisotopic (exact) mass is 201 g/mol. The molecule has 72 valence electrons. The van der Waals surface area contributed by atoms with Crippen LogP contribution in [0.4, 0.5) is 0 Å². The molecule has 0 saturated heterocycles. The van der Waals surface area contributed by atoms with Crippen molar-refractivity contribution in [2.75, 3.05) is 6.54 Å². The third kappa shape index (κ3) is 2.73. The van der Waals surface area contributed by atoms with Gasteiger partial charge in [0.05, 0.1) is 0 Å². The highest BCUT2D eigenvalue weighted by Crippen LogP contribution is 1.96. The third-order valence-corrected chi connectivity index (χ3v) is 1.75. The molecule has 0 aliphatic carbocycles. The van der Waals surface area contributed by atoms with Gasteiger partial charge in [0.1, 0.15) is 5.69 Å². The van der Waals surface area contributed by atoms with Gasteiger partial charge in [-0.25, -0.2) is 0 Å². The van der Waals surface area contributed by atoms with E-state index in [1.165, 1.54) is 4.68 Å². The SMILES string of the molecule is CC(Cl)CNC(=O)c1ccnn1C. The van der Waals surface area contributed by atoms with Gasteiger partial charge in [-0.15, -0.1) is 11.6 Å². The van der Waals surface area contributed by atoms with E-state index < -0.39 is 0 Å². The van der Waals surface area contributed by atoms with E-state index in [2.05, 4.69) is 10.4 Å². The van der Waals surface area contributed by atoms with Crippen molar-refractivity contribution < 1.29 is 4.79 Å². The quantitative estimate of drug-likeness (QED) is 0.735. The van der Waals surface area contributed by atoms with Crippen molar-refractivity contribution in [1.29, 1.82) is 0 Å². The summed E-state index contributed by atoms with van der Waals surface area (Å²) < 4.78 is 1.52. The van der Waals surface area contributed by atoms with Crippen LogP contribution in [0.3, 0.4) is 0 Å². The summed E-state index contributed by atoms with van der Waals surface area (Å²) in [6.07, 6.45) is 1.58. The number of aryl methyl sites for hydroxylation is 1. The number of alkyl halides is 1. The van der Waals surface area contributed by atoms with Crippen molar-refractivity contribution in [3.05, 3.63) is 18.0 Å². The minimum absolute atomic E-state index is 0.0582. The summed E-state index contributed by atoms with van der Waals surface area (Å²) in [6.45, 7) is 2.29. The lowest BCUT2D eigenvalue weighted by atomic mass is 10.4. The normalized spacial score (nSPS) is 12.5. The number of aromatic nitrogens is 2. The molecule has 1 rings (SSSR count). The lowest BCUT2D eigenvalue weighted by molar-refractivity contribution is 0.0944. The number of carbonyl (C=O) groups is 1. The standard InChI is InChI=1S/C8H12ClN3O/c1-6(9)5-10-8(13)7-3-4-11-12(7)2/h3-4,6H,5H2,1-2H3,(H,10,13). The maximum Gasteiger partial charge on any atom is 0.269 e. The van der Waals surface area contributed by atoms with Gasteiger partial charge in [-0.1, -0.05) is 0 Å². The molecule has 0 saturated carbocycles. The average molecular weight is 202 g/mol. The minimum Gasteiger partial charge on any atom is -0.349 e. The van der Waals surface area contributed by atoms with Gasteiger partial charge < -0.3 is 5.32 Å². The van der Waals surface area contributed by atoms with Crippen molar-refractivity contribution in [3.63, 3.8) is 0 Å². The van der Waals surface area contributed by atoms with E-state index in [0.29, 0.717) is 12.2 Å². The van der Waals surface area contributed by atoms with Crippen molar-refractivity contribution in [1.82, 2.24) is 15.1 Å². The highest BCUT2D eigenvalue weighted by atomic mass is 35.5. The topological polar surface area (TPSA) is 46.9 Å². The predicted octanol–water partition coefficient (Wildman–Crippen LogP) is 0.777. The van der Waals surface area contributed by atoms with E-state index in [9.17, 15) is 4.79 Å². The van der Waals surface area contributed by atoms with Gasteiger partial charge in [0.25, 0.3) is 5.91 Å². The molecule has 1 aromatic heterocycles. The lowest BCUT2D eigenvalue weighted by Gasteiger charge is -2.05. The van der Waals surface area contributed by atoms with Crippen LogP contribution >= 0.6 is 11.6 Å². The predicted molar refractivity (Wildman–Crippen MR) is 50.9 cm³/mol. The zero-order valence-corrected chi connectivity index (χ0v) is 8.38. The van der Waals surface area contributed by atoms with Crippen LogP contribution in [0, 0.1) is 0 Å². The lowest BCUT2D eigenvalue weighted by Crippen LogP contribution is -2.30. The van der Waals surface area contributed by atoms with Crippen LogP contribution < -0.4 is 5.32 Å². The van der Waals surface area contributed by atoms with Gasteiger partial charge in [-0.2, -0.15) is 5.10 Å². The first-order valence-corrected chi connectivity index (χ1v) is 4.45. The number of hydrogen-bond donors (Lipinski definition) is 1. The maximum absolute atomic E-state index is 11.4. The number of amides is 1. The molecule has 1 aromatic rings. The van der Waals surface area contributed by atoms with Gasteiger partial charge in [0.15, 0.2) is 0 Å². The van der Waals surface area contributed by atoms with E-state index in [4.69, 9.17) is 11.6 Å². The van der Waals surface area contributed by atoms with Crippen LogP contribution in [0.2, 0.25) is 0 Å². The second kappa shape index (κ2) is 4.28. The molecule has 0 aliphatic heterocycles. The first-order chi connectivity index (χ1) is 6.11. The van der Waals surface area contributed by atoms with E-state index in [1.54, 1.807) is 19.3 Å². The second-order valence-electron chi connectivity index (χ2n) is 2.83. The molecule has 1 heterocycles. The van der Waals surface area contributed by atoms with Crippen LogP contribution in [0.5, 0.6) is 0 Å². The smallest absolute Gasteiger partial charge is 0.269 e. The maximum atomic E-state index is 11.4. The molecule has 1 unspecified atom stereocenters. The Balaban J connectivity index is 2.54. The van der Waals surface area contributed by atoms with Crippen LogP contribution in [0.1, 0.15) is 17.4 Å². The summed E-state index contributed by atoms with van der Waals surface area (Å²) in [5.41, 5.74) is 0.539. The molecule has 0 fully saturated rings. The molecule has 0 spiro atoms. The van der Waals surface area contributed by atoms with Gasteiger partial charge in [0, 0.05) is 25.2 Å². The number of nitrogens with one attached hydrogen (secondary N) is 1. The van der Waals surface area contributed by atoms with Crippen molar-refractivity contribution in [2.24, 2.45) is 7.05 Å². The number of rotatable bonds is 3. The summed E-state index contributed by atoms with van der Waals surface area (Å²) in [4.78, 5) is 11.4. The number of carbonyl (C=O) groups excluding carboxylic acids is 1. The molecule has 0 bridgehead atoms. The Hall–Kier alpha value is -1.03. The van der Waals surface area contributed by atoms with Crippen molar-refractivity contribution in [3.8, 4) is 0 Å². The number of nitrogens with zero attached hydrogens (tertiary/aromatic N) is 2. The van der Waals surface area contributed by atoms with Crippen LogP contribution in [0.15, 0.2) is 12.3 Å². The van der Waals surface area contributed by atoms with Gasteiger partial charge in [-0.05, 0) is 13.0 Å². The summed E-state index contributed by atoms with van der Waals surface area (Å²) in [6, 6.07) is 1.66. The van der Waals surface area contributed by atoms with Crippen LogP contribution in [0.25, 0.3) is 0 Å². The summed E-state index contributed by atoms with van der Waals surface area (Å²) >= 11 is 5.69. The molecule has 0 aromatic carbocycles. The largest absolute Gasteiger partial charge is 0.349 e. The first kappa shape index (κ1) is 10.1. The molecule has 1 amide bonds. The Bertz CT molecular complexity index is 295. The fourth-order valence-electron chi connectivity index (χ4n) is 0.921. The average Bonchev–Trinajstić information content (AvgIpc) is 2.47. The fourth-order valence-corrected chi connectivity index (χ4v) is 0.998. The van der Waals surface area contributed by atoms with Crippen LogP contribution in [-0.4, -0.2) is 27.6 Å². The Labute approximate surface area is 81.9 Å². The molecular weight excluding hydrogens is 190 g/mol. The zero-order valence-electron chi connectivity index (χ0n) is 7.62. The summed E-state index contributed by atoms with van der Waals surface area (Å²) in [5, 5.41) is 6.52. The summed E-state index contributed by atoms with van der Waals surface area (Å²) in [7, 11) is 1.72. The Morgan fingerprint density at radius 1 is 1.85 bits per heavy atom. The number of hydrogen-bond acceptors (Lipinski definition) is 2. The van der Waals surface area contributed by atoms with Crippen molar-refractivity contribution in [2.45, 2.75) is 12.3 Å². The molecule has 0 aliphatic rings. The molecule has 13 heavy (non-hydrogen) atoms. The van der Waals surface area contributed by atoms with E-state index >= 15 is 0 Å². The van der Waals surface area contributed by atoms with E-state index in [-0.39, 0.29) is 11.3 Å². The van der Waals surface area contributed by atoms with Gasteiger partial charge in [-0.3, -0.25) is 9.48 Å². The van der Waals surface area contributed by atoms with Gasteiger partial charge in [0.2, 0.25) is 0 Å². The Morgan fingerprint density at radius 3 is 3.00 bits per heavy atom. The second-order valence-corrected chi connectivity index (χ2v) is 3.58. The number of halogens is 1. The van der Waals surface area contributed by atoms with Crippen molar-refractivity contribution >= 4 is 17.5 Å². The molecule has 1 N–H and O–H groups in total. The highest BCUT2D eigenvalue weighted by Gasteiger charge is 2.09. The fraction of sp³-hybridized carbons (Fsp3) is 0.500. The molecule has 1 atom stereocenters. The molecular formula is C8H12ClN3O. The van der Waals surface area contributed by atoms with E-state index in [1.807, 2.05) is 6.92 Å². The third-order valence-electron chi connectivity index (χ3n) is 1.60.